The molecule has 1 fully saturated rings. The Morgan fingerprint density at radius 2 is 2.05 bits per heavy atom. The van der Waals surface area contributed by atoms with Gasteiger partial charge in [-0.1, -0.05) is 51.2 Å². The van der Waals surface area contributed by atoms with Gasteiger partial charge in [0.15, 0.2) is 0 Å². The van der Waals surface area contributed by atoms with Crippen molar-refractivity contribution in [3.8, 4) is 0 Å². The summed E-state index contributed by atoms with van der Waals surface area (Å²) < 4.78 is 1.93. The molecule has 1 heterocycles. The molecule has 4 nitrogen and oxygen atoms in total. The van der Waals surface area contributed by atoms with Crippen molar-refractivity contribution in [3.05, 3.63) is 11.9 Å². The molecule has 1 atom stereocenters. The van der Waals surface area contributed by atoms with Crippen LogP contribution in [0.1, 0.15) is 70.5 Å². The third kappa shape index (κ3) is 3.81. The molecule has 1 aliphatic carbocycles. The molecular formula is C16H30N4. The molecule has 4 heteroatoms. The molecule has 1 unspecified atom stereocenters. The van der Waals surface area contributed by atoms with Crippen molar-refractivity contribution in [3.63, 3.8) is 0 Å². The van der Waals surface area contributed by atoms with Crippen molar-refractivity contribution in [1.82, 2.24) is 20.3 Å². The summed E-state index contributed by atoms with van der Waals surface area (Å²) in [5, 5.41) is 11.8. The Hall–Kier alpha value is -0.900. The Labute approximate surface area is 123 Å². The van der Waals surface area contributed by atoms with Gasteiger partial charge in [-0.25, -0.2) is 0 Å². The first-order valence-corrected chi connectivity index (χ1v) is 8.34. The SMILES string of the molecule is CCCCC1CCC(C(NCC)c2cnnn2C)CC1. The Morgan fingerprint density at radius 3 is 2.60 bits per heavy atom. The lowest BCUT2D eigenvalue weighted by molar-refractivity contribution is 0.209. The van der Waals surface area contributed by atoms with Gasteiger partial charge >= 0.3 is 0 Å². The van der Waals surface area contributed by atoms with Crippen LogP contribution >= 0.6 is 0 Å². The van der Waals surface area contributed by atoms with E-state index >= 15 is 0 Å². The summed E-state index contributed by atoms with van der Waals surface area (Å²) in [5.41, 5.74) is 1.24. The number of aromatic nitrogens is 3. The number of unbranched alkanes of at least 4 members (excludes halogenated alkanes) is 1. The summed E-state index contributed by atoms with van der Waals surface area (Å²) in [6.07, 6.45) is 11.6. The minimum Gasteiger partial charge on any atom is -0.309 e. The Balaban J connectivity index is 1.93. The highest BCUT2D eigenvalue weighted by molar-refractivity contribution is 5.04. The molecule has 114 valence electrons. The molecule has 0 amide bonds. The lowest BCUT2D eigenvalue weighted by Gasteiger charge is -2.34. The molecule has 1 saturated carbocycles. The minimum absolute atomic E-state index is 0.423. The van der Waals surface area contributed by atoms with Gasteiger partial charge in [-0.3, -0.25) is 4.68 Å². The van der Waals surface area contributed by atoms with Gasteiger partial charge < -0.3 is 5.32 Å². The van der Waals surface area contributed by atoms with Crippen LogP contribution in [0.25, 0.3) is 0 Å². The molecule has 2 rings (SSSR count). The van der Waals surface area contributed by atoms with Gasteiger partial charge in [0.25, 0.3) is 0 Å². The number of hydrogen-bond donors (Lipinski definition) is 1. The van der Waals surface area contributed by atoms with E-state index in [9.17, 15) is 0 Å². The van der Waals surface area contributed by atoms with Crippen LogP contribution in [-0.4, -0.2) is 21.5 Å². The number of nitrogens with zero attached hydrogens (tertiary/aromatic N) is 3. The fourth-order valence-electron chi connectivity index (χ4n) is 3.61. The predicted octanol–water partition coefficient (Wildman–Crippen LogP) is 3.46. The van der Waals surface area contributed by atoms with E-state index in [1.54, 1.807) is 0 Å². The largest absolute Gasteiger partial charge is 0.309 e. The van der Waals surface area contributed by atoms with Gasteiger partial charge in [0.1, 0.15) is 0 Å². The zero-order chi connectivity index (χ0) is 14.4. The summed E-state index contributed by atoms with van der Waals surface area (Å²) in [5.74, 6) is 1.71. The molecule has 0 aliphatic heterocycles. The number of nitrogens with one attached hydrogen (secondary N) is 1. The summed E-state index contributed by atoms with van der Waals surface area (Å²) in [6, 6.07) is 0.423. The van der Waals surface area contributed by atoms with Crippen molar-refractivity contribution in [2.45, 2.75) is 64.8 Å². The summed E-state index contributed by atoms with van der Waals surface area (Å²) in [7, 11) is 2.00. The molecule has 0 saturated heterocycles. The fraction of sp³-hybridized carbons (Fsp3) is 0.875. The zero-order valence-electron chi connectivity index (χ0n) is 13.3. The monoisotopic (exact) mass is 278 g/mol. The van der Waals surface area contributed by atoms with Gasteiger partial charge in [-0.05, 0) is 31.2 Å². The molecule has 1 aromatic heterocycles. The average Bonchev–Trinajstić information content (AvgIpc) is 2.89. The molecule has 0 aromatic carbocycles. The highest BCUT2D eigenvalue weighted by atomic mass is 15.4. The van der Waals surface area contributed by atoms with Crippen LogP contribution < -0.4 is 5.32 Å². The van der Waals surface area contributed by atoms with Crippen LogP contribution in [0.3, 0.4) is 0 Å². The van der Waals surface area contributed by atoms with E-state index in [-0.39, 0.29) is 0 Å². The van der Waals surface area contributed by atoms with Crippen molar-refractivity contribution in [2.75, 3.05) is 6.54 Å². The Morgan fingerprint density at radius 1 is 1.30 bits per heavy atom. The first-order chi connectivity index (χ1) is 9.76. The van der Waals surface area contributed by atoms with Crippen LogP contribution in [0.4, 0.5) is 0 Å². The molecule has 0 bridgehead atoms. The lowest BCUT2D eigenvalue weighted by atomic mass is 9.76. The molecule has 0 radical (unpaired) electrons. The minimum atomic E-state index is 0.423. The van der Waals surface area contributed by atoms with Crippen molar-refractivity contribution in [2.24, 2.45) is 18.9 Å². The van der Waals surface area contributed by atoms with Gasteiger partial charge in [-0.15, -0.1) is 5.10 Å². The zero-order valence-corrected chi connectivity index (χ0v) is 13.3. The van der Waals surface area contributed by atoms with Gasteiger partial charge in [0.2, 0.25) is 0 Å². The smallest absolute Gasteiger partial charge is 0.0756 e. The maximum atomic E-state index is 4.10. The third-order valence-corrected chi connectivity index (χ3v) is 4.82. The second kappa shape index (κ2) is 7.77. The van der Waals surface area contributed by atoms with Gasteiger partial charge in [0, 0.05) is 7.05 Å². The van der Waals surface area contributed by atoms with E-state index in [1.165, 1.54) is 50.6 Å². The van der Waals surface area contributed by atoms with Crippen molar-refractivity contribution < 1.29 is 0 Å². The van der Waals surface area contributed by atoms with E-state index in [1.807, 2.05) is 17.9 Å². The number of hydrogen-bond acceptors (Lipinski definition) is 3. The van der Waals surface area contributed by atoms with Crippen molar-refractivity contribution >= 4 is 0 Å². The number of aryl methyl sites for hydroxylation is 1. The fourth-order valence-corrected chi connectivity index (χ4v) is 3.61. The third-order valence-electron chi connectivity index (χ3n) is 4.82. The second-order valence-corrected chi connectivity index (χ2v) is 6.24. The highest BCUT2D eigenvalue weighted by Crippen LogP contribution is 2.38. The van der Waals surface area contributed by atoms with Crippen LogP contribution in [0.5, 0.6) is 0 Å². The van der Waals surface area contributed by atoms with Crippen LogP contribution in [0, 0.1) is 11.8 Å². The molecule has 1 aromatic rings. The number of rotatable bonds is 7. The maximum absolute atomic E-state index is 4.10. The molecule has 20 heavy (non-hydrogen) atoms. The Bertz CT molecular complexity index is 380. The predicted molar refractivity (Wildman–Crippen MR) is 82.4 cm³/mol. The average molecular weight is 278 g/mol. The normalized spacial score (nSPS) is 24.8. The van der Waals surface area contributed by atoms with E-state index in [2.05, 4.69) is 29.5 Å². The van der Waals surface area contributed by atoms with Crippen LogP contribution in [0.2, 0.25) is 0 Å². The molecule has 1 N–H and O–H groups in total. The van der Waals surface area contributed by atoms with Gasteiger partial charge in [-0.2, -0.15) is 0 Å². The first kappa shape index (κ1) is 15.5. The topological polar surface area (TPSA) is 42.7 Å². The second-order valence-electron chi connectivity index (χ2n) is 6.24. The van der Waals surface area contributed by atoms with Crippen molar-refractivity contribution in [1.29, 1.82) is 0 Å². The first-order valence-electron chi connectivity index (χ1n) is 8.34. The Kier molecular flexibility index (Phi) is 6.02. The summed E-state index contributed by atoms with van der Waals surface area (Å²) >= 11 is 0. The molecule has 1 aliphatic rings. The van der Waals surface area contributed by atoms with E-state index in [0.29, 0.717) is 6.04 Å². The van der Waals surface area contributed by atoms with E-state index in [4.69, 9.17) is 0 Å². The summed E-state index contributed by atoms with van der Waals surface area (Å²) in [6.45, 7) is 5.48. The van der Waals surface area contributed by atoms with E-state index < -0.39 is 0 Å². The van der Waals surface area contributed by atoms with Crippen LogP contribution in [0.15, 0.2) is 6.20 Å². The lowest BCUT2D eigenvalue weighted by Crippen LogP contribution is -2.32. The maximum Gasteiger partial charge on any atom is 0.0756 e. The quantitative estimate of drug-likeness (QED) is 0.830. The highest BCUT2D eigenvalue weighted by Gasteiger charge is 2.29. The van der Waals surface area contributed by atoms with Gasteiger partial charge in [0.05, 0.1) is 17.9 Å². The standard InChI is InChI=1S/C16H30N4/c1-4-6-7-13-8-10-14(11-9-13)16(17-5-2)15-12-18-19-20(15)3/h12-14,16-17H,4-11H2,1-3H3. The molecular weight excluding hydrogens is 248 g/mol. The summed E-state index contributed by atoms with van der Waals surface area (Å²) in [4.78, 5) is 0. The van der Waals surface area contributed by atoms with Crippen LogP contribution in [-0.2, 0) is 7.05 Å². The molecule has 0 spiro atoms. The van der Waals surface area contributed by atoms with E-state index in [0.717, 1.165) is 18.4 Å².